The Kier molecular flexibility index (Phi) is 4.19. The minimum Gasteiger partial charge on any atom is -0.213 e. The molecular weight excluding hydrogens is 312 g/mol. The summed E-state index contributed by atoms with van der Waals surface area (Å²) in [6, 6.07) is 2.08. The molecule has 2 heterocycles. The Bertz CT molecular complexity index is 438. The monoisotopic (exact) mass is 320 g/mol. The van der Waals surface area contributed by atoms with Crippen molar-refractivity contribution in [2.75, 3.05) is 0 Å². The fourth-order valence-corrected chi connectivity index (χ4v) is 4.49. The van der Waals surface area contributed by atoms with E-state index in [4.69, 9.17) is 0 Å². The number of thiophene rings is 1. The number of hydrogen-bond donors (Lipinski definition) is 0. The predicted molar refractivity (Wildman–Crippen MR) is 70.9 cm³/mol. The summed E-state index contributed by atoms with van der Waals surface area (Å²) < 4.78 is 6.52. The number of rotatable bonds is 4. The van der Waals surface area contributed by atoms with Crippen molar-refractivity contribution in [1.29, 1.82) is 0 Å². The van der Waals surface area contributed by atoms with Gasteiger partial charge in [0.2, 0.25) is 0 Å². The smallest absolute Gasteiger partial charge is 0.170 e. The summed E-state index contributed by atoms with van der Waals surface area (Å²) in [4.78, 5) is 5.77. The fourth-order valence-electron chi connectivity index (χ4n) is 0.996. The van der Waals surface area contributed by atoms with E-state index in [1.54, 1.807) is 23.1 Å². The second-order valence-corrected chi connectivity index (χ2v) is 6.64. The molecule has 0 aliphatic heterocycles. The van der Waals surface area contributed by atoms with Gasteiger partial charge >= 0.3 is 0 Å². The van der Waals surface area contributed by atoms with E-state index in [9.17, 15) is 0 Å². The molecule has 15 heavy (non-hydrogen) atoms. The molecule has 0 N–H and O–H groups in total. The molecule has 0 unspecified atom stereocenters. The Morgan fingerprint density at radius 1 is 1.53 bits per heavy atom. The lowest BCUT2D eigenvalue weighted by Gasteiger charge is -1.94. The summed E-state index contributed by atoms with van der Waals surface area (Å²) in [6.45, 7) is 2.08. The van der Waals surface area contributed by atoms with E-state index in [1.807, 2.05) is 0 Å². The van der Waals surface area contributed by atoms with Crippen LogP contribution in [-0.2, 0) is 12.2 Å². The summed E-state index contributed by atoms with van der Waals surface area (Å²) in [5.74, 6) is 1.92. The van der Waals surface area contributed by atoms with Crippen LogP contribution < -0.4 is 0 Å². The molecule has 80 valence electrons. The van der Waals surface area contributed by atoms with E-state index in [-0.39, 0.29) is 0 Å². The number of nitrogens with zero attached hydrogens (tertiary/aromatic N) is 2. The van der Waals surface area contributed by atoms with E-state index in [1.165, 1.54) is 20.9 Å². The quantitative estimate of drug-likeness (QED) is 0.789. The van der Waals surface area contributed by atoms with Crippen LogP contribution >= 0.6 is 50.6 Å². The lowest BCUT2D eigenvalue weighted by atomic mass is 10.5. The number of aromatic nitrogens is 2. The molecular formula is C9H9BrN2S3. The third kappa shape index (κ3) is 3.03. The van der Waals surface area contributed by atoms with Gasteiger partial charge in [-0.3, -0.25) is 0 Å². The second-order valence-electron chi connectivity index (χ2n) is 2.81. The SMILES string of the molecule is CCc1nsc(SCc2sccc2Br)n1. The van der Waals surface area contributed by atoms with Gasteiger partial charge < -0.3 is 0 Å². The van der Waals surface area contributed by atoms with Crippen LogP contribution in [0.25, 0.3) is 0 Å². The van der Waals surface area contributed by atoms with Gasteiger partial charge in [0.1, 0.15) is 5.82 Å². The molecule has 2 rings (SSSR count). The van der Waals surface area contributed by atoms with Crippen molar-refractivity contribution in [3.05, 3.63) is 26.6 Å². The highest BCUT2D eigenvalue weighted by Crippen LogP contribution is 2.31. The lowest BCUT2D eigenvalue weighted by Crippen LogP contribution is -1.81. The van der Waals surface area contributed by atoms with Gasteiger partial charge in [0.25, 0.3) is 0 Å². The molecule has 0 spiro atoms. The Labute approximate surface area is 109 Å². The molecule has 0 aliphatic rings. The van der Waals surface area contributed by atoms with Crippen LogP contribution in [-0.4, -0.2) is 9.36 Å². The highest BCUT2D eigenvalue weighted by atomic mass is 79.9. The summed E-state index contributed by atoms with van der Waals surface area (Å²) in [5.41, 5.74) is 0. The Morgan fingerprint density at radius 3 is 3.00 bits per heavy atom. The molecule has 2 nitrogen and oxygen atoms in total. The van der Waals surface area contributed by atoms with Crippen molar-refractivity contribution in [1.82, 2.24) is 9.36 Å². The van der Waals surface area contributed by atoms with Gasteiger partial charge in [-0.15, -0.1) is 11.3 Å². The van der Waals surface area contributed by atoms with Gasteiger partial charge in [-0.1, -0.05) is 18.7 Å². The molecule has 0 amide bonds. The van der Waals surface area contributed by atoms with Crippen LogP contribution in [0.4, 0.5) is 0 Å². The Morgan fingerprint density at radius 2 is 2.40 bits per heavy atom. The third-order valence-electron chi connectivity index (χ3n) is 1.78. The lowest BCUT2D eigenvalue weighted by molar-refractivity contribution is 0.971. The van der Waals surface area contributed by atoms with Crippen molar-refractivity contribution in [2.24, 2.45) is 0 Å². The maximum absolute atomic E-state index is 4.42. The van der Waals surface area contributed by atoms with Gasteiger partial charge in [0.05, 0.1) is 0 Å². The van der Waals surface area contributed by atoms with E-state index in [2.05, 4.69) is 43.7 Å². The van der Waals surface area contributed by atoms with Gasteiger partial charge in [0.15, 0.2) is 4.34 Å². The molecule has 2 aromatic heterocycles. The van der Waals surface area contributed by atoms with Crippen LogP contribution in [0, 0.1) is 0 Å². The summed E-state index contributed by atoms with van der Waals surface area (Å²) >= 11 is 8.54. The maximum atomic E-state index is 4.42. The topological polar surface area (TPSA) is 25.8 Å². The normalized spacial score (nSPS) is 10.8. The fraction of sp³-hybridized carbons (Fsp3) is 0.333. The Balaban J connectivity index is 1.96. The molecule has 0 fully saturated rings. The largest absolute Gasteiger partial charge is 0.213 e. The molecule has 0 aromatic carbocycles. The highest BCUT2D eigenvalue weighted by Gasteiger charge is 2.06. The van der Waals surface area contributed by atoms with Crippen molar-refractivity contribution in [2.45, 2.75) is 23.4 Å². The molecule has 0 radical (unpaired) electrons. The zero-order chi connectivity index (χ0) is 10.7. The standard InChI is InChI=1S/C9H9BrN2S3/c1-2-8-11-9(15-12-8)14-5-7-6(10)3-4-13-7/h3-4H,2,5H2,1H3. The number of aryl methyl sites for hydroxylation is 1. The van der Waals surface area contributed by atoms with E-state index >= 15 is 0 Å². The van der Waals surface area contributed by atoms with Crippen molar-refractivity contribution < 1.29 is 0 Å². The summed E-state index contributed by atoms with van der Waals surface area (Å²) in [6.07, 6.45) is 0.916. The zero-order valence-corrected chi connectivity index (χ0v) is 12.1. The third-order valence-corrected chi connectivity index (χ3v) is 5.79. The van der Waals surface area contributed by atoms with E-state index < -0.39 is 0 Å². The van der Waals surface area contributed by atoms with Crippen LogP contribution in [0.2, 0.25) is 0 Å². The number of thioether (sulfide) groups is 1. The van der Waals surface area contributed by atoms with E-state index in [0.717, 1.165) is 22.3 Å². The molecule has 0 atom stereocenters. The average molecular weight is 321 g/mol. The van der Waals surface area contributed by atoms with Gasteiger partial charge in [-0.2, -0.15) is 4.37 Å². The first-order chi connectivity index (χ1) is 7.29. The molecule has 2 aromatic rings. The van der Waals surface area contributed by atoms with Gasteiger partial charge in [0, 0.05) is 21.5 Å². The zero-order valence-electron chi connectivity index (χ0n) is 8.07. The summed E-state index contributed by atoms with van der Waals surface area (Å²) in [7, 11) is 0. The first-order valence-electron chi connectivity index (χ1n) is 4.47. The summed E-state index contributed by atoms with van der Waals surface area (Å²) in [5, 5.41) is 2.09. The van der Waals surface area contributed by atoms with E-state index in [0.29, 0.717) is 0 Å². The predicted octanol–water partition coefficient (Wildman–Crippen LogP) is 4.22. The van der Waals surface area contributed by atoms with Gasteiger partial charge in [-0.05, 0) is 38.9 Å². The minimum atomic E-state index is 0.916. The first-order valence-corrected chi connectivity index (χ1v) is 7.90. The number of halogens is 1. The second kappa shape index (κ2) is 5.43. The van der Waals surface area contributed by atoms with Crippen LogP contribution in [0.5, 0.6) is 0 Å². The maximum Gasteiger partial charge on any atom is 0.170 e. The highest BCUT2D eigenvalue weighted by molar-refractivity contribution is 9.10. The molecule has 0 saturated heterocycles. The molecule has 6 heteroatoms. The van der Waals surface area contributed by atoms with Crippen LogP contribution in [0.3, 0.4) is 0 Å². The minimum absolute atomic E-state index is 0.916. The van der Waals surface area contributed by atoms with Gasteiger partial charge in [-0.25, -0.2) is 4.98 Å². The average Bonchev–Trinajstić information content (AvgIpc) is 2.84. The first kappa shape index (κ1) is 11.6. The van der Waals surface area contributed by atoms with Crippen molar-refractivity contribution in [3.8, 4) is 0 Å². The van der Waals surface area contributed by atoms with Crippen LogP contribution in [0.1, 0.15) is 17.6 Å². The molecule has 0 saturated carbocycles. The Hall–Kier alpha value is 0.0900. The number of hydrogen-bond acceptors (Lipinski definition) is 5. The van der Waals surface area contributed by atoms with Crippen molar-refractivity contribution in [3.63, 3.8) is 0 Å². The molecule has 0 aliphatic carbocycles. The molecule has 0 bridgehead atoms. The van der Waals surface area contributed by atoms with Crippen molar-refractivity contribution >= 4 is 50.6 Å². The van der Waals surface area contributed by atoms with Crippen LogP contribution in [0.15, 0.2) is 20.3 Å².